The molecule has 2 N–H and O–H groups in total. The topological polar surface area (TPSA) is 90.2 Å². The van der Waals surface area contributed by atoms with Gasteiger partial charge in [-0.2, -0.15) is 0 Å². The third kappa shape index (κ3) is 3.58. The van der Waals surface area contributed by atoms with Crippen LogP contribution >= 0.6 is 12.4 Å². The van der Waals surface area contributed by atoms with Crippen molar-refractivity contribution in [1.82, 2.24) is 14.5 Å². The van der Waals surface area contributed by atoms with E-state index in [1.807, 2.05) is 18.2 Å². The number of nitrogens with zero attached hydrogens (tertiary/aromatic N) is 4. The summed E-state index contributed by atoms with van der Waals surface area (Å²) in [7, 11) is 1.79. The van der Waals surface area contributed by atoms with Gasteiger partial charge in [0, 0.05) is 32.6 Å². The molecule has 2 aromatic rings. The maximum absolute atomic E-state index is 11.1. The second kappa shape index (κ2) is 7.74. The molecule has 0 spiro atoms. The van der Waals surface area contributed by atoms with E-state index in [1.54, 1.807) is 11.6 Å². The molecule has 1 aromatic heterocycles. The third-order valence-electron chi connectivity index (χ3n) is 4.63. The number of benzene rings is 1. The molecular formula is C16H22ClN5O2. The highest BCUT2D eigenvalue weighted by molar-refractivity contribution is 5.85. The van der Waals surface area contributed by atoms with Crippen LogP contribution in [0.1, 0.15) is 17.2 Å². The van der Waals surface area contributed by atoms with Crippen molar-refractivity contribution >= 4 is 18.2 Å². The highest BCUT2D eigenvalue weighted by atomic mass is 35.5. The van der Waals surface area contributed by atoms with Crippen LogP contribution in [0.15, 0.2) is 36.7 Å². The van der Waals surface area contributed by atoms with Gasteiger partial charge in [-0.05, 0) is 27.9 Å². The first kappa shape index (κ1) is 18.4. The van der Waals surface area contributed by atoms with Gasteiger partial charge in [0.05, 0.1) is 0 Å². The molecule has 1 aromatic carbocycles. The van der Waals surface area contributed by atoms with Gasteiger partial charge in [0.1, 0.15) is 5.69 Å². The number of nitro groups is 1. The summed E-state index contributed by atoms with van der Waals surface area (Å²) < 4.78 is 1.73. The minimum atomic E-state index is -0.416. The summed E-state index contributed by atoms with van der Waals surface area (Å²) in [4.78, 5) is 16.8. The van der Waals surface area contributed by atoms with E-state index in [-0.39, 0.29) is 18.2 Å². The summed E-state index contributed by atoms with van der Waals surface area (Å²) in [6.45, 7) is 2.84. The van der Waals surface area contributed by atoms with Gasteiger partial charge < -0.3 is 20.4 Å². The molecule has 8 heteroatoms. The lowest BCUT2D eigenvalue weighted by molar-refractivity contribution is -0.390. The van der Waals surface area contributed by atoms with E-state index in [1.165, 1.54) is 11.9 Å². The molecule has 0 unspecified atom stereocenters. The SMILES string of the molecule is Cl.Cn1cnc([N+](=O)[O-])c1CN1C[C@@H](CN)[C@H](c2ccccc2)C1. The van der Waals surface area contributed by atoms with E-state index in [0.29, 0.717) is 30.6 Å². The molecule has 0 saturated carbocycles. The van der Waals surface area contributed by atoms with Crippen LogP contribution in [0.5, 0.6) is 0 Å². The Morgan fingerprint density at radius 3 is 2.67 bits per heavy atom. The Hall–Kier alpha value is -1.96. The fourth-order valence-electron chi connectivity index (χ4n) is 3.40. The number of nitrogens with two attached hydrogens (primary N) is 1. The Morgan fingerprint density at radius 1 is 1.33 bits per heavy atom. The molecular weight excluding hydrogens is 330 g/mol. The fraction of sp³-hybridized carbons (Fsp3) is 0.438. The summed E-state index contributed by atoms with van der Waals surface area (Å²) in [5, 5.41) is 11.1. The van der Waals surface area contributed by atoms with Crippen LogP contribution in [-0.4, -0.2) is 39.0 Å². The van der Waals surface area contributed by atoms with Crippen molar-refractivity contribution in [2.75, 3.05) is 19.6 Å². The van der Waals surface area contributed by atoms with E-state index in [2.05, 4.69) is 22.0 Å². The van der Waals surface area contributed by atoms with Gasteiger partial charge in [0.25, 0.3) is 0 Å². The maximum Gasteiger partial charge on any atom is 0.386 e. The Bertz CT molecular complexity index is 691. The van der Waals surface area contributed by atoms with Crippen LogP contribution in [0.3, 0.4) is 0 Å². The van der Waals surface area contributed by atoms with Gasteiger partial charge >= 0.3 is 5.82 Å². The van der Waals surface area contributed by atoms with Gasteiger partial charge in [-0.3, -0.25) is 4.90 Å². The second-order valence-electron chi connectivity index (χ2n) is 6.09. The quantitative estimate of drug-likeness (QED) is 0.656. The molecule has 0 radical (unpaired) electrons. The number of hydrogen-bond donors (Lipinski definition) is 1. The number of imidazole rings is 1. The third-order valence-corrected chi connectivity index (χ3v) is 4.63. The highest BCUT2D eigenvalue weighted by Crippen LogP contribution is 2.33. The molecule has 0 amide bonds. The zero-order chi connectivity index (χ0) is 16.4. The average molecular weight is 352 g/mol. The van der Waals surface area contributed by atoms with Crippen molar-refractivity contribution in [1.29, 1.82) is 0 Å². The first-order valence-electron chi connectivity index (χ1n) is 7.72. The minimum Gasteiger partial charge on any atom is -0.358 e. The highest BCUT2D eigenvalue weighted by Gasteiger charge is 2.34. The molecule has 0 bridgehead atoms. The van der Waals surface area contributed by atoms with Crippen molar-refractivity contribution in [3.8, 4) is 0 Å². The molecule has 24 heavy (non-hydrogen) atoms. The number of rotatable bonds is 5. The summed E-state index contributed by atoms with van der Waals surface area (Å²) in [5.41, 5.74) is 7.87. The Morgan fingerprint density at radius 2 is 2.04 bits per heavy atom. The number of aryl methyl sites for hydroxylation is 1. The summed E-state index contributed by atoms with van der Waals surface area (Å²) in [6.07, 6.45) is 1.50. The normalized spacial score (nSPS) is 20.8. The van der Waals surface area contributed by atoms with Crippen LogP contribution in [0.25, 0.3) is 0 Å². The van der Waals surface area contributed by atoms with E-state index >= 15 is 0 Å². The Labute approximate surface area is 147 Å². The first-order chi connectivity index (χ1) is 11.1. The predicted molar refractivity (Wildman–Crippen MR) is 94.1 cm³/mol. The zero-order valence-corrected chi connectivity index (χ0v) is 14.4. The zero-order valence-electron chi connectivity index (χ0n) is 13.5. The number of likely N-dealkylation sites (tertiary alicyclic amines) is 1. The van der Waals surface area contributed by atoms with E-state index in [4.69, 9.17) is 5.73 Å². The Kier molecular flexibility index (Phi) is 5.93. The lowest BCUT2D eigenvalue weighted by Gasteiger charge is -2.16. The van der Waals surface area contributed by atoms with Crippen molar-refractivity contribution in [3.05, 3.63) is 58.0 Å². The van der Waals surface area contributed by atoms with Crippen LogP contribution in [0, 0.1) is 16.0 Å². The molecule has 3 rings (SSSR count). The summed E-state index contributed by atoms with van der Waals surface area (Å²) in [6, 6.07) is 10.3. The van der Waals surface area contributed by atoms with Gasteiger partial charge in [-0.1, -0.05) is 30.3 Å². The second-order valence-corrected chi connectivity index (χ2v) is 6.09. The maximum atomic E-state index is 11.1. The van der Waals surface area contributed by atoms with Crippen LogP contribution < -0.4 is 5.73 Å². The van der Waals surface area contributed by atoms with Crippen molar-refractivity contribution in [2.24, 2.45) is 18.7 Å². The lowest BCUT2D eigenvalue weighted by Crippen LogP contribution is -2.24. The van der Waals surface area contributed by atoms with Crippen LogP contribution in [-0.2, 0) is 13.6 Å². The number of halogens is 1. The molecule has 1 fully saturated rings. The standard InChI is InChI=1S/C16H21N5O2.ClH/c1-19-11-18-16(21(22)23)15(19)10-20-8-13(7-17)14(9-20)12-5-3-2-4-6-12;/h2-6,11,13-14H,7-10,17H2,1H3;1H/t13-,14+;/m1./s1. The molecule has 0 aliphatic carbocycles. The number of aromatic nitrogens is 2. The molecule has 130 valence electrons. The van der Waals surface area contributed by atoms with Crippen LogP contribution in [0.4, 0.5) is 5.82 Å². The van der Waals surface area contributed by atoms with Crippen molar-refractivity contribution < 1.29 is 4.92 Å². The van der Waals surface area contributed by atoms with Gasteiger partial charge in [-0.15, -0.1) is 12.4 Å². The van der Waals surface area contributed by atoms with Gasteiger partial charge in [-0.25, -0.2) is 0 Å². The van der Waals surface area contributed by atoms with E-state index < -0.39 is 4.92 Å². The summed E-state index contributed by atoms with van der Waals surface area (Å²) >= 11 is 0. The number of hydrogen-bond acceptors (Lipinski definition) is 5. The molecule has 7 nitrogen and oxygen atoms in total. The molecule has 1 saturated heterocycles. The molecule has 1 aliphatic heterocycles. The lowest BCUT2D eigenvalue weighted by atomic mass is 9.89. The van der Waals surface area contributed by atoms with Gasteiger partial charge in [0.15, 0.2) is 0 Å². The molecule has 2 atom stereocenters. The van der Waals surface area contributed by atoms with Crippen molar-refractivity contribution in [2.45, 2.75) is 12.5 Å². The van der Waals surface area contributed by atoms with E-state index in [9.17, 15) is 10.1 Å². The first-order valence-corrected chi connectivity index (χ1v) is 7.72. The largest absolute Gasteiger partial charge is 0.386 e. The predicted octanol–water partition coefficient (Wildman–Crippen LogP) is 1.92. The van der Waals surface area contributed by atoms with Crippen LogP contribution in [0.2, 0.25) is 0 Å². The fourth-order valence-corrected chi connectivity index (χ4v) is 3.40. The van der Waals surface area contributed by atoms with E-state index in [0.717, 1.165) is 13.1 Å². The molecule has 1 aliphatic rings. The average Bonchev–Trinajstić information content (AvgIpc) is 3.13. The molecule has 2 heterocycles. The monoisotopic (exact) mass is 351 g/mol. The van der Waals surface area contributed by atoms with Gasteiger partial charge in [0.2, 0.25) is 6.33 Å². The van der Waals surface area contributed by atoms with Crippen molar-refractivity contribution in [3.63, 3.8) is 0 Å². The minimum absolute atomic E-state index is 0. The summed E-state index contributed by atoms with van der Waals surface area (Å²) in [5.74, 6) is 0.679. The Balaban J connectivity index is 0.00000208. The smallest absolute Gasteiger partial charge is 0.358 e.